The predicted octanol–water partition coefficient (Wildman–Crippen LogP) is 1.24. The molecule has 17 heavy (non-hydrogen) atoms. The summed E-state index contributed by atoms with van der Waals surface area (Å²) < 4.78 is 3.19. The van der Waals surface area contributed by atoms with Crippen LogP contribution in [0.25, 0.3) is 11.0 Å². The van der Waals surface area contributed by atoms with Gasteiger partial charge in [0.2, 0.25) is 0 Å². The monoisotopic (exact) mass is 246 g/mol. The third kappa shape index (κ3) is 1.76. The lowest BCUT2D eigenvalue weighted by atomic mass is 10.4. The summed E-state index contributed by atoms with van der Waals surface area (Å²) in [4.78, 5) is 17.5. The normalized spacial score (nSPS) is 11.1. The van der Waals surface area contributed by atoms with E-state index in [1.54, 1.807) is 40.2 Å². The molecule has 5 nitrogen and oxygen atoms in total. The van der Waals surface area contributed by atoms with Gasteiger partial charge in [0.25, 0.3) is 5.56 Å². The molecular formula is C11H10N4OS. The molecule has 0 saturated carbocycles. The van der Waals surface area contributed by atoms with Crippen LogP contribution in [0.15, 0.2) is 34.8 Å². The molecular weight excluding hydrogens is 236 g/mol. The summed E-state index contributed by atoms with van der Waals surface area (Å²) >= 11 is 1.62. The maximum absolute atomic E-state index is 12.1. The zero-order valence-electron chi connectivity index (χ0n) is 9.20. The highest BCUT2D eigenvalue weighted by atomic mass is 32.1. The lowest BCUT2D eigenvalue weighted by Crippen LogP contribution is -2.20. The minimum Gasteiger partial charge on any atom is -0.292 e. The van der Waals surface area contributed by atoms with Crippen LogP contribution in [0.3, 0.4) is 0 Å². The SMILES string of the molecule is Cn1cc2ncn(Cc3cccs3)c(=O)c2n1. The van der Waals surface area contributed by atoms with E-state index in [-0.39, 0.29) is 5.56 Å². The van der Waals surface area contributed by atoms with Crippen LogP contribution in [0.1, 0.15) is 4.88 Å². The van der Waals surface area contributed by atoms with Crippen LogP contribution >= 0.6 is 11.3 Å². The van der Waals surface area contributed by atoms with Crippen molar-refractivity contribution in [3.05, 3.63) is 45.3 Å². The number of thiophene rings is 1. The van der Waals surface area contributed by atoms with Crippen molar-refractivity contribution in [2.75, 3.05) is 0 Å². The van der Waals surface area contributed by atoms with Crippen molar-refractivity contribution in [1.82, 2.24) is 19.3 Å². The number of fused-ring (bicyclic) bond motifs is 1. The first-order chi connectivity index (χ1) is 8.24. The van der Waals surface area contributed by atoms with Gasteiger partial charge in [-0.1, -0.05) is 6.07 Å². The summed E-state index contributed by atoms with van der Waals surface area (Å²) in [7, 11) is 1.78. The van der Waals surface area contributed by atoms with E-state index in [2.05, 4.69) is 10.1 Å². The second kappa shape index (κ2) is 3.81. The number of aryl methyl sites for hydroxylation is 1. The third-order valence-corrected chi connectivity index (χ3v) is 3.38. The quantitative estimate of drug-likeness (QED) is 0.683. The minimum atomic E-state index is -0.0935. The number of nitrogens with zero attached hydrogens (tertiary/aromatic N) is 4. The van der Waals surface area contributed by atoms with Gasteiger partial charge in [-0.3, -0.25) is 14.0 Å². The summed E-state index contributed by atoms with van der Waals surface area (Å²) in [6, 6.07) is 3.97. The fourth-order valence-electron chi connectivity index (χ4n) is 1.73. The number of hydrogen-bond acceptors (Lipinski definition) is 4. The zero-order valence-corrected chi connectivity index (χ0v) is 10.0. The molecule has 0 bridgehead atoms. The van der Waals surface area contributed by atoms with Crippen molar-refractivity contribution < 1.29 is 0 Å². The largest absolute Gasteiger partial charge is 0.292 e. The zero-order chi connectivity index (χ0) is 11.8. The van der Waals surface area contributed by atoms with E-state index in [4.69, 9.17) is 0 Å². The first-order valence-electron chi connectivity index (χ1n) is 5.15. The smallest absolute Gasteiger partial charge is 0.282 e. The minimum absolute atomic E-state index is 0.0935. The fraction of sp³-hybridized carbons (Fsp3) is 0.182. The molecule has 0 unspecified atom stereocenters. The lowest BCUT2D eigenvalue weighted by molar-refractivity contribution is 0.747. The molecule has 86 valence electrons. The van der Waals surface area contributed by atoms with Gasteiger partial charge >= 0.3 is 0 Å². The molecule has 0 spiro atoms. The number of rotatable bonds is 2. The Morgan fingerprint density at radius 3 is 3.12 bits per heavy atom. The average Bonchev–Trinajstić information content (AvgIpc) is 2.91. The molecule has 0 aromatic carbocycles. The van der Waals surface area contributed by atoms with E-state index in [0.717, 1.165) is 4.88 Å². The molecule has 0 saturated heterocycles. The Balaban J connectivity index is 2.11. The standard InChI is InChI=1S/C11H10N4OS/c1-14-6-9-10(13-14)11(16)15(7-12-9)5-8-3-2-4-17-8/h2-4,6-7H,5H2,1H3. The van der Waals surface area contributed by atoms with Crippen LogP contribution in [0.2, 0.25) is 0 Å². The second-order valence-electron chi connectivity index (χ2n) is 3.79. The van der Waals surface area contributed by atoms with Gasteiger partial charge in [0, 0.05) is 11.9 Å². The molecule has 0 atom stereocenters. The molecule has 6 heteroatoms. The Kier molecular flexibility index (Phi) is 2.29. The van der Waals surface area contributed by atoms with Gasteiger partial charge in [0.05, 0.1) is 19.1 Å². The van der Waals surface area contributed by atoms with Crippen LogP contribution in [-0.4, -0.2) is 19.3 Å². The Hall–Kier alpha value is -1.95. The van der Waals surface area contributed by atoms with E-state index < -0.39 is 0 Å². The average molecular weight is 246 g/mol. The first-order valence-corrected chi connectivity index (χ1v) is 6.03. The molecule has 3 heterocycles. The molecule has 3 aromatic heterocycles. The van der Waals surface area contributed by atoms with Gasteiger partial charge < -0.3 is 0 Å². The van der Waals surface area contributed by atoms with Crippen molar-refractivity contribution >= 4 is 22.4 Å². The molecule has 0 aliphatic rings. The first kappa shape index (κ1) is 10.2. The lowest BCUT2D eigenvalue weighted by Gasteiger charge is -2.01. The Morgan fingerprint density at radius 1 is 1.47 bits per heavy atom. The van der Waals surface area contributed by atoms with E-state index in [0.29, 0.717) is 17.6 Å². The summed E-state index contributed by atoms with van der Waals surface area (Å²) in [5, 5.41) is 6.12. The van der Waals surface area contributed by atoms with E-state index in [9.17, 15) is 4.79 Å². The van der Waals surface area contributed by atoms with Gasteiger partial charge in [0.15, 0.2) is 5.52 Å². The van der Waals surface area contributed by atoms with Crippen LogP contribution in [0, 0.1) is 0 Å². The Morgan fingerprint density at radius 2 is 2.35 bits per heavy atom. The Bertz CT molecular complexity index is 711. The van der Waals surface area contributed by atoms with Gasteiger partial charge in [-0.25, -0.2) is 4.98 Å². The van der Waals surface area contributed by atoms with Gasteiger partial charge in [0.1, 0.15) is 5.52 Å². The van der Waals surface area contributed by atoms with E-state index in [1.807, 2.05) is 17.5 Å². The molecule has 0 N–H and O–H groups in total. The third-order valence-electron chi connectivity index (χ3n) is 2.52. The summed E-state index contributed by atoms with van der Waals surface area (Å²) in [5.41, 5.74) is 0.968. The number of hydrogen-bond donors (Lipinski definition) is 0. The van der Waals surface area contributed by atoms with Crippen molar-refractivity contribution in [3.63, 3.8) is 0 Å². The number of aromatic nitrogens is 4. The van der Waals surface area contributed by atoms with Crippen LogP contribution in [0.4, 0.5) is 0 Å². The fourth-order valence-corrected chi connectivity index (χ4v) is 2.43. The Labute approximate surface area is 101 Å². The highest BCUT2D eigenvalue weighted by molar-refractivity contribution is 7.09. The molecule has 0 aliphatic carbocycles. The predicted molar refractivity (Wildman–Crippen MR) is 66.2 cm³/mol. The molecule has 3 rings (SSSR count). The topological polar surface area (TPSA) is 52.7 Å². The van der Waals surface area contributed by atoms with Crippen molar-refractivity contribution in [3.8, 4) is 0 Å². The van der Waals surface area contributed by atoms with Crippen LogP contribution in [0.5, 0.6) is 0 Å². The van der Waals surface area contributed by atoms with Crippen molar-refractivity contribution in [2.45, 2.75) is 6.54 Å². The summed E-state index contributed by atoms with van der Waals surface area (Å²) in [5.74, 6) is 0. The highest BCUT2D eigenvalue weighted by Gasteiger charge is 2.08. The highest BCUT2D eigenvalue weighted by Crippen LogP contribution is 2.10. The van der Waals surface area contributed by atoms with Gasteiger partial charge in [-0.15, -0.1) is 11.3 Å². The van der Waals surface area contributed by atoms with E-state index in [1.165, 1.54) is 0 Å². The van der Waals surface area contributed by atoms with Crippen LogP contribution < -0.4 is 5.56 Å². The van der Waals surface area contributed by atoms with Crippen molar-refractivity contribution in [2.24, 2.45) is 7.05 Å². The maximum atomic E-state index is 12.1. The summed E-state index contributed by atoms with van der Waals surface area (Å²) in [6.45, 7) is 0.552. The summed E-state index contributed by atoms with van der Waals surface area (Å²) in [6.07, 6.45) is 3.32. The van der Waals surface area contributed by atoms with Crippen LogP contribution in [-0.2, 0) is 13.6 Å². The molecule has 0 radical (unpaired) electrons. The maximum Gasteiger partial charge on any atom is 0.282 e. The van der Waals surface area contributed by atoms with Crippen molar-refractivity contribution in [1.29, 1.82) is 0 Å². The molecule has 0 aliphatic heterocycles. The van der Waals surface area contributed by atoms with Gasteiger partial charge in [-0.05, 0) is 11.4 Å². The van der Waals surface area contributed by atoms with Gasteiger partial charge in [-0.2, -0.15) is 5.10 Å². The van der Waals surface area contributed by atoms with E-state index >= 15 is 0 Å². The molecule has 3 aromatic rings. The second-order valence-corrected chi connectivity index (χ2v) is 4.83. The molecule has 0 fully saturated rings. The molecule has 0 amide bonds.